The van der Waals surface area contributed by atoms with Crippen LogP contribution >= 0.6 is 0 Å². The Hall–Kier alpha value is -2.95. The van der Waals surface area contributed by atoms with Crippen molar-refractivity contribution in [2.45, 2.75) is 6.04 Å². The SMILES string of the molecule is O=C1C(c2ccccc2F)=NC2=CNC3C=CC=CC=C3N12. The first-order valence-electron chi connectivity index (χ1n) is 6.95. The normalized spacial score (nSPS) is 22.2. The second kappa shape index (κ2) is 4.80. The summed E-state index contributed by atoms with van der Waals surface area (Å²) in [7, 11) is 0. The summed E-state index contributed by atoms with van der Waals surface area (Å²) in [6.45, 7) is 0. The monoisotopic (exact) mass is 293 g/mol. The molecule has 2 heterocycles. The molecule has 0 bridgehead atoms. The van der Waals surface area contributed by atoms with Crippen LogP contribution in [0.25, 0.3) is 0 Å². The number of carbonyl (C=O) groups excluding carboxylic acids is 1. The maximum Gasteiger partial charge on any atom is 0.283 e. The lowest BCUT2D eigenvalue weighted by molar-refractivity contribution is -0.120. The lowest BCUT2D eigenvalue weighted by Gasteiger charge is -2.30. The maximum atomic E-state index is 14.0. The summed E-state index contributed by atoms with van der Waals surface area (Å²) in [5.41, 5.74) is 1.13. The number of allylic oxidation sites excluding steroid dienone is 4. The number of benzene rings is 1. The highest BCUT2D eigenvalue weighted by Gasteiger charge is 2.38. The minimum absolute atomic E-state index is 0.0992. The molecule has 4 nitrogen and oxygen atoms in total. The Bertz CT molecular complexity index is 817. The zero-order valence-electron chi connectivity index (χ0n) is 11.5. The lowest BCUT2D eigenvalue weighted by Crippen LogP contribution is -2.42. The third-order valence-electron chi connectivity index (χ3n) is 3.75. The summed E-state index contributed by atoms with van der Waals surface area (Å²) in [6.07, 6.45) is 11.2. The number of aliphatic imine (C=N–C) groups is 1. The molecular formula is C17H12FN3O. The van der Waals surface area contributed by atoms with Crippen LogP contribution in [0.15, 0.2) is 77.4 Å². The fraction of sp³-hybridized carbons (Fsp3) is 0.0588. The number of rotatable bonds is 1. The molecule has 108 valence electrons. The Morgan fingerprint density at radius 2 is 2.05 bits per heavy atom. The predicted molar refractivity (Wildman–Crippen MR) is 81.2 cm³/mol. The van der Waals surface area contributed by atoms with Gasteiger partial charge in [-0.15, -0.1) is 0 Å². The van der Waals surface area contributed by atoms with Gasteiger partial charge in [-0.25, -0.2) is 9.38 Å². The van der Waals surface area contributed by atoms with E-state index in [0.717, 1.165) is 5.70 Å². The Morgan fingerprint density at radius 3 is 2.91 bits per heavy atom. The van der Waals surface area contributed by atoms with Crippen LogP contribution in [0.5, 0.6) is 0 Å². The largest absolute Gasteiger partial charge is 0.376 e. The van der Waals surface area contributed by atoms with Crippen LogP contribution in [0.1, 0.15) is 5.56 Å². The third kappa shape index (κ3) is 1.83. The van der Waals surface area contributed by atoms with Crippen LogP contribution in [-0.2, 0) is 4.79 Å². The van der Waals surface area contributed by atoms with Crippen LogP contribution in [0.4, 0.5) is 4.39 Å². The molecule has 0 saturated heterocycles. The van der Waals surface area contributed by atoms with Gasteiger partial charge in [0.1, 0.15) is 11.5 Å². The van der Waals surface area contributed by atoms with Gasteiger partial charge in [-0.2, -0.15) is 0 Å². The lowest BCUT2D eigenvalue weighted by atomic mass is 10.1. The molecule has 1 aliphatic carbocycles. The van der Waals surface area contributed by atoms with Crippen molar-refractivity contribution in [3.63, 3.8) is 0 Å². The summed E-state index contributed by atoms with van der Waals surface area (Å²) in [5, 5.41) is 3.19. The van der Waals surface area contributed by atoms with E-state index in [-0.39, 0.29) is 23.2 Å². The van der Waals surface area contributed by atoms with E-state index in [9.17, 15) is 9.18 Å². The first-order valence-corrected chi connectivity index (χ1v) is 6.95. The van der Waals surface area contributed by atoms with E-state index in [1.54, 1.807) is 24.4 Å². The van der Waals surface area contributed by atoms with E-state index in [2.05, 4.69) is 10.3 Å². The molecule has 1 aromatic rings. The number of halogens is 1. The van der Waals surface area contributed by atoms with Gasteiger partial charge in [-0.05, 0) is 18.2 Å². The van der Waals surface area contributed by atoms with Crippen LogP contribution in [0.2, 0.25) is 0 Å². The smallest absolute Gasteiger partial charge is 0.283 e. The average molecular weight is 293 g/mol. The van der Waals surface area contributed by atoms with E-state index < -0.39 is 5.82 Å². The van der Waals surface area contributed by atoms with Crippen molar-refractivity contribution in [3.05, 3.63) is 83.7 Å². The van der Waals surface area contributed by atoms with Crippen molar-refractivity contribution in [2.75, 3.05) is 0 Å². The Morgan fingerprint density at radius 1 is 1.18 bits per heavy atom. The van der Waals surface area contributed by atoms with E-state index in [1.165, 1.54) is 11.0 Å². The van der Waals surface area contributed by atoms with E-state index in [1.807, 2.05) is 30.4 Å². The molecule has 3 aliphatic rings. The summed E-state index contributed by atoms with van der Waals surface area (Å²) in [5.74, 6) is -0.276. The third-order valence-corrected chi connectivity index (χ3v) is 3.75. The number of hydrogen-bond donors (Lipinski definition) is 1. The molecule has 0 saturated carbocycles. The zero-order valence-corrected chi connectivity index (χ0v) is 11.5. The first-order chi connectivity index (χ1) is 10.8. The minimum Gasteiger partial charge on any atom is -0.376 e. The highest BCUT2D eigenvalue weighted by molar-refractivity contribution is 6.47. The molecule has 0 aromatic heterocycles. The summed E-state index contributed by atoms with van der Waals surface area (Å²) in [6, 6.07) is 6.08. The molecule has 1 atom stereocenters. The van der Waals surface area contributed by atoms with Crippen molar-refractivity contribution in [2.24, 2.45) is 4.99 Å². The van der Waals surface area contributed by atoms with Crippen LogP contribution in [-0.4, -0.2) is 22.6 Å². The molecule has 0 spiro atoms. The molecule has 22 heavy (non-hydrogen) atoms. The van der Waals surface area contributed by atoms with Gasteiger partial charge in [0.15, 0.2) is 5.82 Å². The maximum absolute atomic E-state index is 14.0. The zero-order chi connectivity index (χ0) is 15.1. The van der Waals surface area contributed by atoms with E-state index in [4.69, 9.17) is 0 Å². The molecule has 4 rings (SSSR count). The highest BCUT2D eigenvalue weighted by atomic mass is 19.1. The summed E-state index contributed by atoms with van der Waals surface area (Å²) < 4.78 is 14.0. The number of carbonyl (C=O) groups is 1. The summed E-state index contributed by atoms with van der Waals surface area (Å²) >= 11 is 0. The molecule has 1 aromatic carbocycles. The molecule has 0 radical (unpaired) electrons. The Labute approximate surface area is 126 Å². The second-order valence-corrected chi connectivity index (χ2v) is 5.09. The molecule has 0 fully saturated rings. The van der Waals surface area contributed by atoms with Crippen LogP contribution in [0, 0.1) is 5.82 Å². The predicted octanol–water partition coefficient (Wildman–Crippen LogP) is 2.24. The quantitative estimate of drug-likeness (QED) is 0.863. The van der Waals surface area contributed by atoms with E-state index in [0.29, 0.717) is 5.82 Å². The molecule has 5 heteroatoms. The van der Waals surface area contributed by atoms with Crippen molar-refractivity contribution in [3.8, 4) is 0 Å². The van der Waals surface area contributed by atoms with E-state index >= 15 is 0 Å². The Kier molecular flexibility index (Phi) is 2.79. The topological polar surface area (TPSA) is 44.7 Å². The second-order valence-electron chi connectivity index (χ2n) is 5.09. The fourth-order valence-corrected chi connectivity index (χ4v) is 2.71. The number of amides is 1. The molecule has 1 N–H and O–H groups in total. The van der Waals surface area contributed by atoms with Gasteiger partial charge < -0.3 is 5.32 Å². The fourth-order valence-electron chi connectivity index (χ4n) is 2.71. The van der Waals surface area contributed by atoms with Crippen LogP contribution < -0.4 is 5.32 Å². The van der Waals surface area contributed by atoms with Gasteiger partial charge in [0.05, 0.1) is 11.7 Å². The van der Waals surface area contributed by atoms with Gasteiger partial charge >= 0.3 is 0 Å². The van der Waals surface area contributed by atoms with Gasteiger partial charge in [-0.1, -0.05) is 36.4 Å². The first kappa shape index (κ1) is 12.8. The van der Waals surface area contributed by atoms with Gasteiger partial charge in [0, 0.05) is 11.8 Å². The average Bonchev–Trinajstić information content (AvgIpc) is 2.72. The number of hydrogen-bond acceptors (Lipinski definition) is 3. The Balaban J connectivity index is 1.79. The highest BCUT2D eigenvalue weighted by Crippen LogP contribution is 2.30. The molecule has 1 amide bonds. The molecule has 1 unspecified atom stereocenters. The van der Waals surface area contributed by atoms with Gasteiger partial charge in [-0.3, -0.25) is 9.69 Å². The number of fused-ring (bicyclic) bond motifs is 3. The molecule has 2 aliphatic heterocycles. The van der Waals surface area contributed by atoms with Crippen LogP contribution in [0.3, 0.4) is 0 Å². The standard InChI is InChI=1S/C17H12FN3O/c18-12-7-5-4-6-11(12)16-17(22)21-14-9-3-1-2-8-13(14)19-10-15(21)20-16/h1-10,13,19H. The van der Waals surface area contributed by atoms with Crippen molar-refractivity contribution in [1.29, 1.82) is 0 Å². The van der Waals surface area contributed by atoms with Crippen molar-refractivity contribution in [1.82, 2.24) is 10.2 Å². The van der Waals surface area contributed by atoms with Crippen molar-refractivity contribution >= 4 is 11.6 Å². The number of nitrogens with zero attached hydrogens (tertiary/aromatic N) is 2. The minimum atomic E-state index is -0.450. The number of nitrogens with one attached hydrogen (secondary N) is 1. The molecular weight excluding hydrogens is 281 g/mol. The van der Waals surface area contributed by atoms with Gasteiger partial charge in [0.25, 0.3) is 5.91 Å². The summed E-state index contributed by atoms with van der Waals surface area (Å²) in [4.78, 5) is 18.6. The van der Waals surface area contributed by atoms with Crippen molar-refractivity contribution < 1.29 is 9.18 Å². The van der Waals surface area contributed by atoms with Gasteiger partial charge in [0.2, 0.25) is 0 Å².